The summed E-state index contributed by atoms with van der Waals surface area (Å²) in [7, 11) is 0. The third-order valence-electron chi connectivity index (χ3n) is 5.24. The first-order chi connectivity index (χ1) is 14.1. The van der Waals surface area contributed by atoms with Gasteiger partial charge in [0.2, 0.25) is 0 Å². The molecule has 1 N–H and O–H groups in total. The summed E-state index contributed by atoms with van der Waals surface area (Å²) in [6.07, 6.45) is 2.60. The lowest BCUT2D eigenvalue weighted by Crippen LogP contribution is -2.52. The Morgan fingerprint density at radius 3 is 2.45 bits per heavy atom. The van der Waals surface area contributed by atoms with E-state index in [1.54, 1.807) is 0 Å². The van der Waals surface area contributed by atoms with Gasteiger partial charge in [0, 0.05) is 39.1 Å². The van der Waals surface area contributed by atoms with E-state index in [1.807, 2.05) is 22.7 Å². The van der Waals surface area contributed by atoms with Crippen molar-refractivity contribution in [3.8, 4) is 5.69 Å². The van der Waals surface area contributed by atoms with E-state index in [4.69, 9.17) is 9.97 Å². The van der Waals surface area contributed by atoms with E-state index in [0.717, 1.165) is 47.9 Å². The molecule has 1 saturated heterocycles. The van der Waals surface area contributed by atoms with Crippen LogP contribution in [0, 0.1) is 6.92 Å². The standard InChI is InChI=1S/C21H27N7O/c1-4-18-24-19(26-10-12-27(13-11-26)21(29)22-5-2)17-14-23-28(20(17)25-18)16-8-6-15(3)7-9-16/h6-9,14H,4-5,10-13H2,1-3H3,(H,22,29). The number of anilines is 1. The number of nitrogens with zero attached hydrogens (tertiary/aromatic N) is 6. The van der Waals surface area contributed by atoms with Crippen molar-refractivity contribution in [2.24, 2.45) is 0 Å². The molecule has 1 aromatic carbocycles. The number of carbonyl (C=O) groups excluding carboxylic acids is 1. The second kappa shape index (κ2) is 8.06. The van der Waals surface area contributed by atoms with Gasteiger partial charge in [0.25, 0.3) is 0 Å². The van der Waals surface area contributed by atoms with E-state index in [2.05, 4.69) is 53.4 Å². The highest BCUT2D eigenvalue weighted by molar-refractivity contribution is 5.88. The Hall–Kier alpha value is -3.16. The molecule has 1 aliphatic heterocycles. The average Bonchev–Trinajstić information content (AvgIpc) is 3.18. The molecule has 0 aliphatic carbocycles. The van der Waals surface area contributed by atoms with Gasteiger partial charge < -0.3 is 15.1 Å². The second-order valence-electron chi connectivity index (χ2n) is 7.26. The summed E-state index contributed by atoms with van der Waals surface area (Å²) in [5, 5.41) is 8.42. The molecule has 0 unspecified atom stereocenters. The number of nitrogens with one attached hydrogen (secondary N) is 1. The van der Waals surface area contributed by atoms with Crippen molar-refractivity contribution in [1.82, 2.24) is 30.0 Å². The molecule has 3 aromatic rings. The SMILES string of the molecule is CCNC(=O)N1CCN(c2nc(CC)nc3c2cnn3-c2ccc(C)cc2)CC1. The molecule has 0 spiro atoms. The molecular weight excluding hydrogens is 366 g/mol. The molecule has 4 rings (SSSR count). The molecular formula is C21H27N7O. The first-order valence-electron chi connectivity index (χ1n) is 10.2. The Balaban J connectivity index is 1.67. The van der Waals surface area contributed by atoms with Crippen LogP contribution in [-0.4, -0.2) is 63.4 Å². The number of benzene rings is 1. The maximum absolute atomic E-state index is 12.1. The molecule has 2 amide bonds. The number of fused-ring (bicyclic) bond motifs is 1. The van der Waals surface area contributed by atoms with Gasteiger partial charge in [-0.05, 0) is 26.0 Å². The van der Waals surface area contributed by atoms with Crippen molar-refractivity contribution >= 4 is 22.9 Å². The molecule has 0 bridgehead atoms. The monoisotopic (exact) mass is 393 g/mol. The van der Waals surface area contributed by atoms with Crippen molar-refractivity contribution in [2.45, 2.75) is 27.2 Å². The van der Waals surface area contributed by atoms with Gasteiger partial charge in [-0.15, -0.1) is 0 Å². The first-order valence-corrected chi connectivity index (χ1v) is 10.2. The number of carbonyl (C=O) groups is 1. The van der Waals surface area contributed by atoms with Crippen LogP contribution in [0.3, 0.4) is 0 Å². The van der Waals surface area contributed by atoms with Crippen LogP contribution < -0.4 is 10.2 Å². The molecule has 152 valence electrons. The third kappa shape index (κ3) is 3.74. The first kappa shape index (κ1) is 19.2. The van der Waals surface area contributed by atoms with Crippen LogP contribution in [0.5, 0.6) is 0 Å². The zero-order valence-corrected chi connectivity index (χ0v) is 17.2. The molecule has 8 heteroatoms. The number of amides is 2. The number of hydrogen-bond acceptors (Lipinski definition) is 5. The number of rotatable bonds is 4. The molecule has 0 radical (unpaired) electrons. The van der Waals surface area contributed by atoms with Gasteiger partial charge in [-0.1, -0.05) is 24.6 Å². The van der Waals surface area contributed by atoms with E-state index in [1.165, 1.54) is 5.56 Å². The second-order valence-corrected chi connectivity index (χ2v) is 7.26. The van der Waals surface area contributed by atoms with E-state index in [-0.39, 0.29) is 6.03 Å². The lowest BCUT2D eigenvalue weighted by Gasteiger charge is -2.35. The molecule has 0 atom stereocenters. The molecule has 0 saturated carbocycles. The molecule has 29 heavy (non-hydrogen) atoms. The zero-order valence-electron chi connectivity index (χ0n) is 17.2. The van der Waals surface area contributed by atoms with E-state index < -0.39 is 0 Å². The minimum Gasteiger partial charge on any atom is -0.352 e. The number of piperazine rings is 1. The maximum atomic E-state index is 12.1. The van der Waals surface area contributed by atoms with E-state index >= 15 is 0 Å². The normalized spacial score (nSPS) is 14.4. The van der Waals surface area contributed by atoms with Gasteiger partial charge in [-0.25, -0.2) is 19.4 Å². The van der Waals surface area contributed by atoms with Gasteiger partial charge >= 0.3 is 6.03 Å². The summed E-state index contributed by atoms with van der Waals surface area (Å²) < 4.78 is 1.88. The van der Waals surface area contributed by atoms with Gasteiger partial charge in [0.15, 0.2) is 5.65 Å². The predicted octanol–water partition coefficient (Wildman–Crippen LogP) is 2.54. The van der Waals surface area contributed by atoms with Gasteiger partial charge in [0.05, 0.1) is 17.3 Å². The number of aromatic nitrogens is 4. The largest absolute Gasteiger partial charge is 0.352 e. The van der Waals surface area contributed by atoms with Gasteiger partial charge in [-0.2, -0.15) is 5.10 Å². The van der Waals surface area contributed by atoms with E-state index in [0.29, 0.717) is 19.6 Å². The lowest BCUT2D eigenvalue weighted by atomic mass is 10.2. The Bertz CT molecular complexity index is 1000. The van der Waals surface area contributed by atoms with Crippen molar-refractivity contribution in [2.75, 3.05) is 37.6 Å². The summed E-state index contributed by atoms with van der Waals surface area (Å²) in [5.74, 6) is 1.70. The summed E-state index contributed by atoms with van der Waals surface area (Å²) in [6, 6.07) is 8.26. The Morgan fingerprint density at radius 1 is 1.07 bits per heavy atom. The highest BCUT2D eigenvalue weighted by Crippen LogP contribution is 2.27. The molecule has 2 aromatic heterocycles. The molecule has 1 fully saturated rings. The van der Waals surface area contributed by atoms with Crippen LogP contribution in [0.15, 0.2) is 30.5 Å². The minimum atomic E-state index is 0.00132. The van der Waals surface area contributed by atoms with Gasteiger partial charge in [-0.3, -0.25) is 0 Å². The van der Waals surface area contributed by atoms with E-state index in [9.17, 15) is 4.79 Å². The molecule has 1 aliphatic rings. The predicted molar refractivity (Wildman–Crippen MR) is 114 cm³/mol. The van der Waals surface area contributed by atoms with Crippen LogP contribution in [0.25, 0.3) is 16.7 Å². The third-order valence-corrected chi connectivity index (χ3v) is 5.24. The number of aryl methyl sites for hydroxylation is 2. The average molecular weight is 393 g/mol. The van der Waals surface area contributed by atoms with Crippen LogP contribution in [0.4, 0.5) is 10.6 Å². The van der Waals surface area contributed by atoms with Crippen LogP contribution in [0.2, 0.25) is 0 Å². The van der Waals surface area contributed by atoms with Crippen molar-refractivity contribution in [3.05, 3.63) is 41.9 Å². The van der Waals surface area contributed by atoms with Crippen LogP contribution >= 0.6 is 0 Å². The summed E-state index contributed by atoms with van der Waals surface area (Å²) in [6.45, 7) is 9.53. The highest BCUT2D eigenvalue weighted by atomic mass is 16.2. The highest BCUT2D eigenvalue weighted by Gasteiger charge is 2.24. The van der Waals surface area contributed by atoms with Crippen LogP contribution in [-0.2, 0) is 6.42 Å². The topological polar surface area (TPSA) is 79.2 Å². The summed E-state index contributed by atoms with van der Waals surface area (Å²) in [5.41, 5.74) is 3.01. The number of hydrogen-bond donors (Lipinski definition) is 1. The quantitative estimate of drug-likeness (QED) is 0.737. The Labute approximate surface area is 170 Å². The Kier molecular flexibility index (Phi) is 5.33. The zero-order chi connectivity index (χ0) is 20.4. The fraction of sp³-hybridized carbons (Fsp3) is 0.429. The summed E-state index contributed by atoms with van der Waals surface area (Å²) in [4.78, 5) is 25.8. The maximum Gasteiger partial charge on any atom is 0.317 e. The Morgan fingerprint density at radius 2 is 1.79 bits per heavy atom. The molecule has 8 nitrogen and oxygen atoms in total. The van der Waals surface area contributed by atoms with Crippen molar-refractivity contribution < 1.29 is 4.79 Å². The fourth-order valence-corrected chi connectivity index (χ4v) is 3.60. The fourth-order valence-electron chi connectivity index (χ4n) is 3.60. The van der Waals surface area contributed by atoms with Crippen molar-refractivity contribution in [3.63, 3.8) is 0 Å². The smallest absolute Gasteiger partial charge is 0.317 e. The summed E-state index contributed by atoms with van der Waals surface area (Å²) >= 11 is 0. The van der Waals surface area contributed by atoms with Crippen LogP contribution in [0.1, 0.15) is 25.2 Å². The van der Waals surface area contributed by atoms with Gasteiger partial charge in [0.1, 0.15) is 11.6 Å². The number of urea groups is 1. The minimum absolute atomic E-state index is 0.00132. The lowest BCUT2D eigenvalue weighted by molar-refractivity contribution is 0.195. The van der Waals surface area contributed by atoms with Crippen molar-refractivity contribution in [1.29, 1.82) is 0 Å². The molecule has 3 heterocycles.